The molecule has 0 saturated heterocycles. The Labute approximate surface area is 134 Å². The lowest BCUT2D eigenvalue weighted by molar-refractivity contribution is -0.131. The van der Waals surface area contributed by atoms with Gasteiger partial charge in [-0.1, -0.05) is 24.3 Å². The van der Waals surface area contributed by atoms with Gasteiger partial charge in [0, 0.05) is 23.9 Å². The number of benzene rings is 2. The number of rotatable bonds is 4. The van der Waals surface area contributed by atoms with Crippen LogP contribution in [0.3, 0.4) is 0 Å². The molecule has 0 atom stereocenters. The van der Waals surface area contributed by atoms with Crippen molar-refractivity contribution in [3.05, 3.63) is 58.8 Å². The van der Waals surface area contributed by atoms with E-state index >= 15 is 0 Å². The third kappa shape index (κ3) is 2.61. The molecule has 0 N–H and O–H groups in total. The minimum Gasteiger partial charge on any atom is -0.342 e. The van der Waals surface area contributed by atoms with Gasteiger partial charge >= 0.3 is 0 Å². The molecule has 23 heavy (non-hydrogen) atoms. The van der Waals surface area contributed by atoms with E-state index in [1.54, 1.807) is 0 Å². The Morgan fingerprint density at radius 3 is 1.87 bits per heavy atom. The topological polar surface area (TPSA) is 42.3 Å². The van der Waals surface area contributed by atoms with Crippen LogP contribution in [0, 0.1) is 0 Å². The van der Waals surface area contributed by atoms with Crippen LogP contribution in [0.15, 0.2) is 53.3 Å². The quantitative estimate of drug-likeness (QED) is 0.695. The molecule has 3 aromatic rings. The van der Waals surface area contributed by atoms with Gasteiger partial charge in [-0.25, -0.2) is 0 Å². The number of hydrogen-bond donors (Lipinski definition) is 0. The van der Waals surface area contributed by atoms with Crippen LogP contribution in [-0.2, 0) is 11.3 Å². The molecule has 0 saturated carbocycles. The maximum atomic E-state index is 12.7. The lowest BCUT2D eigenvalue weighted by Crippen LogP contribution is -2.33. The summed E-state index contributed by atoms with van der Waals surface area (Å²) >= 11 is 0. The minimum absolute atomic E-state index is 0.0164. The van der Waals surface area contributed by atoms with Gasteiger partial charge in [0.1, 0.15) is 6.54 Å². The molecule has 0 radical (unpaired) electrons. The van der Waals surface area contributed by atoms with Gasteiger partial charge in [0.2, 0.25) is 5.91 Å². The Kier molecular flexibility index (Phi) is 4.15. The third-order valence-corrected chi connectivity index (χ3v) is 4.29. The van der Waals surface area contributed by atoms with Crippen LogP contribution in [0.2, 0.25) is 0 Å². The Morgan fingerprint density at radius 1 is 0.913 bits per heavy atom. The molecule has 0 bridgehead atoms. The highest BCUT2D eigenvalue weighted by Gasteiger charge is 2.15. The maximum Gasteiger partial charge on any atom is 0.242 e. The van der Waals surface area contributed by atoms with Crippen LogP contribution < -0.4 is 5.43 Å². The first-order valence-corrected chi connectivity index (χ1v) is 7.95. The SMILES string of the molecule is CCN(CC)C(=O)Cn1c2ccccc2c(=O)c2ccccc21. The fourth-order valence-electron chi connectivity index (χ4n) is 3.06. The molecule has 2 aromatic carbocycles. The van der Waals surface area contributed by atoms with E-state index in [4.69, 9.17) is 0 Å². The largest absolute Gasteiger partial charge is 0.342 e. The van der Waals surface area contributed by atoms with E-state index in [-0.39, 0.29) is 17.9 Å². The maximum absolute atomic E-state index is 12.7. The highest BCUT2D eigenvalue weighted by atomic mass is 16.2. The van der Waals surface area contributed by atoms with Gasteiger partial charge in [-0.2, -0.15) is 0 Å². The number of carbonyl (C=O) groups excluding carboxylic acids is 1. The molecule has 1 amide bonds. The fraction of sp³-hybridized carbons (Fsp3) is 0.263. The molecule has 0 aliphatic heterocycles. The Balaban J connectivity index is 2.27. The van der Waals surface area contributed by atoms with Crippen LogP contribution >= 0.6 is 0 Å². The first-order valence-electron chi connectivity index (χ1n) is 7.95. The van der Waals surface area contributed by atoms with Crippen molar-refractivity contribution < 1.29 is 4.79 Å². The summed E-state index contributed by atoms with van der Waals surface area (Å²) in [5.41, 5.74) is 1.62. The van der Waals surface area contributed by atoms with Crippen molar-refractivity contribution >= 4 is 27.7 Å². The molecule has 1 aromatic heterocycles. The van der Waals surface area contributed by atoms with Gasteiger partial charge in [-0.15, -0.1) is 0 Å². The predicted molar refractivity (Wildman–Crippen MR) is 93.6 cm³/mol. The normalized spacial score (nSPS) is 11.0. The standard InChI is InChI=1S/C19H20N2O2/c1-3-20(4-2)18(22)13-21-16-11-7-5-9-14(16)19(23)15-10-6-8-12-17(15)21/h5-12H,3-4,13H2,1-2H3. The van der Waals surface area contributed by atoms with E-state index in [2.05, 4.69) is 0 Å². The average Bonchev–Trinajstić information content (AvgIpc) is 2.59. The summed E-state index contributed by atoms with van der Waals surface area (Å²) in [6.45, 7) is 5.56. The summed E-state index contributed by atoms with van der Waals surface area (Å²) < 4.78 is 1.95. The van der Waals surface area contributed by atoms with E-state index in [0.717, 1.165) is 11.0 Å². The van der Waals surface area contributed by atoms with Crippen LogP contribution in [0.25, 0.3) is 21.8 Å². The summed E-state index contributed by atoms with van der Waals surface area (Å²) in [4.78, 5) is 27.0. The summed E-state index contributed by atoms with van der Waals surface area (Å²) in [6.07, 6.45) is 0. The van der Waals surface area contributed by atoms with Crippen LogP contribution in [0.5, 0.6) is 0 Å². The first kappa shape index (κ1) is 15.3. The summed E-state index contributed by atoms with van der Waals surface area (Å²) in [7, 11) is 0. The molecule has 3 rings (SSSR count). The van der Waals surface area contributed by atoms with Crippen molar-refractivity contribution in [3.63, 3.8) is 0 Å². The van der Waals surface area contributed by atoms with Crippen molar-refractivity contribution in [2.24, 2.45) is 0 Å². The lowest BCUT2D eigenvalue weighted by atomic mass is 10.1. The monoisotopic (exact) mass is 308 g/mol. The van der Waals surface area contributed by atoms with E-state index in [1.807, 2.05) is 71.8 Å². The number of hydrogen-bond acceptors (Lipinski definition) is 2. The molecule has 0 aliphatic rings. The molecule has 4 nitrogen and oxygen atoms in total. The Bertz CT molecular complexity index is 863. The van der Waals surface area contributed by atoms with E-state index in [0.29, 0.717) is 23.9 Å². The van der Waals surface area contributed by atoms with Crippen molar-refractivity contribution in [3.8, 4) is 0 Å². The van der Waals surface area contributed by atoms with Crippen molar-refractivity contribution in [1.82, 2.24) is 9.47 Å². The van der Waals surface area contributed by atoms with Crippen molar-refractivity contribution in [2.45, 2.75) is 20.4 Å². The number of pyridine rings is 1. The number of likely N-dealkylation sites (N-methyl/N-ethyl adjacent to an activating group) is 1. The fourth-order valence-corrected chi connectivity index (χ4v) is 3.06. The number of para-hydroxylation sites is 2. The number of aromatic nitrogens is 1. The molecule has 118 valence electrons. The zero-order chi connectivity index (χ0) is 16.4. The second-order valence-electron chi connectivity index (χ2n) is 5.52. The summed E-state index contributed by atoms with van der Waals surface area (Å²) in [5.74, 6) is 0.0638. The Morgan fingerprint density at radius 2 is 1.39 bits per heavy atom. The molecule has 0 unspecified atom stereocenters. The zero-order valence-electron chi connectivity index (χ0n) is 13.5. The molecular formula is C19H20N2O2. The summed E-state index contributed by atoms with van der Waals surface area (Å²) in [6, 6.07) is 15.0. The average molecular weight is 308 g/mol. The highest BCUT2D eigenvalue weighted by Crippen LogP contribution is 2.19. The molecular weight excluding hydrogens is 288 g/mol. The minimum atomic E-state index is 0.0164. The number of carbonyl (C=O) groups is 1. The second-order valence-corrected chi connectivity index (χ2v) is 5.52. The Hall–Kier alpha value is -2.62. The number of amides is 1. The molecule has 1 heterocycles. The molecule has 4 heteroatoms. The molecule has 0 aliphatic carbocycles. The molecule has 0 spiro atoms. The smallest absolute Gasteiger partial charge is 0.242 e. The van der Waals surface area contributed by atoms with Gasteiger partial charge in [0.05, 0.1) is 11.0 Å². The summed E-state index contributed by atoms with van der Waals surface area (Å²) in [5, 5.41) is 1.30. The highest BCUT2D eigenvalue weighted by molar-refractivity contribution is 5.94. The lowest BCUT2D eigenvalue weighted by Gasteiger charge is -2.21. The van der Waals surface area contributed by atoms with Gasteiger partial charge in [-0.05, 0) is 38.1 Å². The predicted octanol–water partition coefficient (Wildman–Crippen LogP) is 3.02. The van der Waals surface area contributed by atoms with Crippen LogP contribution in [0.4, 0.5) is 0 Å². The van der Waals surface area contributed by atoms with Crippen LogP contribution in [0.1, 0.15) is 13.8 Å². The van der Waals surface area contributed by atoms with Gasteiger partial charge in [-0.3, -0.25) is 9.59 Å². The van der Waals surface area contributed by atoms with E-state index < -0.39 is 0 Å². The third-order valence-electron chi connectivity index (χ3n) is 4.29. The van der Waals surface area contributed by atoms with Gasteiger partial charge < -0.3 is 9.47 Å². The van der Waals surface area contributed by atoms with Gasteiger partial charge in [0.15, 0.2) is 5.43 Å². The molecule has 0 fully saturated rings. The van der Waals surface area contributed by atoms with Gasteiger partial charge in [0.25, 0.3) is 0 Å². The first-order chi connectivity index (χ1) is 11.2. The van der Waals surface area contributed by atoms with E-state index in [1.165, 1.54) is 0 Å². The van der Waals surface area contributed by atoms with Crippen LogP contribution in [-0.4, -0.2) is 28.5 Å². The number of fused-ring (bicyclic) bond motifs is 2. The second kappa shape index (κ2) is 6.24. The van der Waals surface area contributed by atoms with Crippen molar-refractivity contribution in [1.29, 1.82) is 0 Å². The van der Waals surface area contributed by atoms with E-state index in [9.17, 15) is 9.59 Å². The number of nitrogens with zero attached hydrogens (tertiary/aromatic N) is 2. The van der Waals surface area contributed by atoms with Crippen molar-refractivity contribution in [2.75, 3.05) is 13.1 Å². The zero-order valence-corrected chi connectivity index (χ0v) is 13.5.